The van der Waals surface area contributed by atoms with E-state index in [9.17, 15) is 0 Å². The smallest absolute Gasteiger partial charge is 0.0224 e. The average Bonchev–Trinajstić information content (AvgIpc) is 2.28. The molecule has 1 rings (SSSR count). The van der Waals surface area contributed by atoms with E-state index in [1.54, 1.807) is 0 Å². The largest absolute Gasteiger partial charge is 0.380 e. The van der Waals surface area contributed by atoms with Crippen LogP contribution < -0.4 is 0 Å². The molecule has 0 saturated heterocycles. The summed E-state index contributed by atoms with van der Waals surface area (Å²) in [5.41, 5.74) is 2.87. The van der Waals surface area contributed by atoms with Crippen molar-refractivity contribution in [2.24, 2.45) is 0 Å². The zero-order valence-corrected chi connectivity index (χ0v) is 9.17. The molecule has 0 aromatic rings. The highest BCUT2D eigenvalue weighted by Gasteiger charge is 2.09. The van der Waals surface area contributed by atoms with E-state index in [1.165, 1.54) is 11.3 Å². The third-order valence-electron chi connectivity index (χ3n) is 2.67. The Morgan fingerprint density at radius 1 is 1.54 bits per heavy atom. The third-order valence-corrected chi connectivity index (χ3v) is 2.67. The van der Waals surface area contributed by atoms with E-state index in [1.807, 2.05) is 0 Å². The van der Waals surface area contributed by atoms with Crippen LogP contribution in [0.15, 0.2) is 23.5 Å². The molecule has 0 bridgehead atoms. The van der Waals surface area contributed by atoms with Crippen molar-refractivity contribution < 1.29 is 0 Å². The van der Waals surface area contributed by atoms with Crippen LogP contribution in [0.2, 0.25) is 0 Å². The van der Waals surface area contributed by atoms with Crippen LogP contribution >= 0.6 is 0 Å². The molecule has 0 aliphatic carbocycles. The molecule has 0 atom stereocenters. The first-order valence-electron chi connectivity index (χ1n) is 4.94. The quantitative estimate of drug-likeness (QED) is 0.642. The molecule has 0 spiro atoms. The van der Waals surface area contributed by atoms with Gasteiger partial charge in [-0.3, -0.25) is 0 Å². The van der Waals surface area contributed by atoms with Gasteiger partial charge in [0.2, 0.25) is 0 Å². The van der Waals surface area contributed by atoms with Crippen molar-refractivity contribution in [2.75, 3.05) is 27.2 Å². The maximum absolute atomic E-state index is 2.33. The fourth-order valence-corrected chi connectivity index (χ4v) is 1.57. The van der Waals surface area contributed by atoms with Gasteiger partial charge in [0.05, 0.1) is 0 Å². The van der Waals surface area contributed by atoms with Crippen LogP contribution in [0.4, 0.5) is 0 Å². The first-order chi connectivity index (χ1) is 6.15. The molecule has 0 N–H and O–H groups in total. The molecule has 13 heavy (non-hydrogen) atoms. The van der Waals surface area contributed by atoms with Crippen LogP contribution in [0.1, 0.15) is 20.3 Å². The van der Waals surface area contributed by atoms with Crippen LogP contribution in [-0.4, -0.2) is 37.0 Å². The zero-order valence-electron chi connectivity index (χ0n) is 9.17. The van der Waals surface area contributed by atoms with E-state index in [-0.39, 0.29) is 0 Å². The highest BCUT2D eigenvalue weighted by molar-refractivity contribution is 5.24. The van der Waals surface area contributed by atoms with Crippen molar-refractivity contribution in [3.05, 3.63) is 23.5 Å². The highest BCUT2D eigenvalue weighted by atomic mass is 15.1. The Morgan fingerprint density at radius 3 is 2.85 bits per heavy atom. The molecule has 0 saturated carbocycles. The van der Waals surface area contributed by atoms with Crippen LogP contribution in [0.25, 0.3) is 0 Å². The predicted octanol–water partition coefficient (Wildman–Crippen LogP) is 2.06. The van der Waals surface area contributed by atoms with E-state index in [4.69, 9.17) is 0 Å². The van der Waals surface area contributed by atoms with Gasteiger partial charge in [-0.25, -0.2) is 0 Å². The van der Waals surface area contributed by atoms with Crippen molar-refractivity contribution in [3.8, 4) is 0 Å². The van der Waals surface area contributed by atoms with Gasteiger partial charge in [0.25, 0.3) is 0 Å². The molecule has 2 nitrogen and oxygen atoms in total. The molecule has 0 aromatic heterocycles. The minimum absolute atomic E-state index is 1.09. The predicted molar refractivity (Wildman–Crippen MR) is 57.4 cm³/mol. The second-order valence-electron chi connectivity index (χ2n) is 3.69. The summed E-state index contributed by atoms with van der Waals surface area (Å²) in [7, 11) is 4.29. The second kappa shape index (κ2) is 4.35. The van der Waals surface area contributed by atoms with Crippen molar-refractivity contribution in [1.82, 2.24) is 9.80 Å². The van der Waals surface area contributed by atoms with E-state index >= 15 is 0 Å². The molecule has 1 aliphatic rings. The molecule has 0 radical (unpaired) electrons. The normalized spacial score (nSPS) is 17.7. The first kappa shape index (κ1) is 10.2. The van der Waals surface area contributed by atoms with E-state index in [0.29, 0.717) is 0 Å². The molecule has 74 valence electrons. The second-order valence-corrected chi connectivity index (χ2v) is 3.69. The summed E-state index contributed by atoms with van der Waals surface area (Å²) in [6, 6.07) is 0. The standard InChI is InChI=1S/C11H20N2/c1-5-13(4)11-7-9-12(3)8-6-10(11)2/h6,8H,5,7,9H2,1-4H3. The van der Waals surface area contributed by atoms with Gasteiger partial charge >= 0.3 is 0 Å². The topological polar surface area (TPSA) is 6.48 Å². The summed E-state index contributed by atoms with van der Waals surface area (Å²) in [5.74, 6) is 0. The molecule has 0 unspecified atom stereocenters. The number of rotatable bonds is 2. The van der Waals surface area contributed by atoms with E-state index in [0.717, 1.165) is 19.5 Å². The summed E-state index contributed by atoms with van der Waals surface area (Å²) in [5, 5.41) is 0. The lowest BCUT2D eigenvalue weighted by atomic mass is 10.1. The molecule has 1 heterocycles. The Labute approximate surface area is 81.5 Å². The summed E-state index contributed by atoms with van der Waals surface area (Å²) in [6.45, 7) is 6.59. The Kier molecular flexibility index (Phi) is 3.40. The number of hydrogen-bond acceptors (Lipinski definition) is 2. The monoisotopic (exact) mass is 180 g/mol. The Hall–Kier alpha value is -0.920. The summed E-state index contributed by atoms with van der Waals surface area (Å²) in [4.78, 5) is 4.57. The molecule has 0 fully saturated rings. The van der Waals surface area contributed by atoms with Crippen molar-refractivity contribution in [1.29, 1.82) is 0 Å². The number of hydrogen-bond donors (Lipinski definition) is 0. The van der Waals surface area contributed by atoms with E-state index in [2.05, 4.69) is 50.0 Å². The lowest BCUT2D eigenvalue weighted by molar-refractivity contribution is 0.389. The van der Waals surface area contributed by atoms with Gasteiger partial charge in [0, 0.05) is 39.3 Å². The maximum Gasteiger partial charge on any atom is 0.0224 e. The fraction of sp³-hybridized carbons (Fsp3) is 0.636. The van der Waals surface area contributed by atoms with Crippen LogP contribution in [-0.2, 0) is 0 Å². The minimum atomic E-state index is 1.09. The Balaban J connectivity index is 2.78. The molecular weight excluding hydrogens is 160 g/mol. The van der Waals surface area contributed by atoms with Gasteiger partial charge in [0.15, 0.2) is 0 Å². The zero-order chi connectivity index (χ0) is 9.84. The summed E-state index contributed by atoms with van der Waals surface area (Å²) in [6.07, 6.45) is 5.51. The minimum Gasteiger partial charge on any atom is -0.380 e. The van der Waals surface area contributed by atoms with Crippen molar-refractivity contribution >= 4 is 0 Å². The summed E-state index contributed by atoms with van der Waals surface area (Å²) >= 11 is 0. The summed E-state index contributed by atoms with van der Waals surface area (Å²) < 4.78 is 0. The SMILES string of the molecule is CCN(C)C1=C(C)C=CN(C)CC1. The molecule has 2 heteroatoms. The van der Waals surface area contributed by atoms with Gasteiger partial charge in [-0.15, -0.1) is 0 Å². The van der Waals surface area contributed by atoms with Crippen LogP contribution in [0, 0.1) is 0 Å². The lowest BCUT2D eigenvalue weighted by Gasteiger charge is -2.22. The van der Waals surface area contributed by atoms with Gasteiger partial charge in [-0.05, 0) is 31.7 Å². The van der Waals surface area contributed by atoms with Gasteiger partial charge < -0.3 is 9.80 Å². The third kappa shape index (κ3) is 2.51. The van der Waals surface area contributed by atoms with Gasteiger partial charge in [-0.2, -0.15) is 0 Å². The molecule has 0 amide bonds. The van der Waals surface area contributed by atoms with Crippen molar-refractivity contribution in [2.45, 2.75) is 20.3 Å². The molecular formula is C11H20N2. The Bertz CT molecular complexity index is 228. The maximum atomic E-state index is 2.33. The Morgan fingerprint density at radius 2 is 2.23 bits per heavy atom. The lowest BCUT2D eigenvalue weighted by Crippen LogP contribution is -2.20. The first-order valence-corrected chi connectivity index (χ1v) is 4.94. The number of nitrogens with zero attached hydrogens (tertiary/aromatic N) is 2. The van der Waals surface area contributed by atoms with E-state index < -0.39 is 0 Å². The van der Waals surface area contributed by atoms with Crippen LogP contribution in [0.5, 0.6) is 0 Å². The average molecular weight is 180 g/mol. The van der Waals surface area contributed by atoms with Crippen LogP contribution in [0.3, 0.4) is 0 Å². The molecule has 0 aromatic carbocycles. The number of allylic oxidation sites excluding steroid dienone is 2. The van der Waals surface area contributed by atoms with Crippen molar-refractivity contribution in [3.63, 3.8) is 0 Å². The fourth-order valence-electron chi connectivity index (χ4n) is 1.57. The van der Waals surface area contributed by atoms with Gasteiger partial charge in [-0.1, -0.05) is 0 Å². The van der Waals surface area contributed by atoms with Gasteiger partial charge in [0.1, 0.15) is 0 Å². The highest BCUT2D eigenvalue weighted by Crippen LogP contribution is 2.17. The molecule has 1 aliphatic heterocycles.